The summed E-state index contributed by atoms with van der Waals surface area (Å²) in [5.41, 5.74) is 3.23. The largest absolute Gasteiger partial charge is 0.289 e. The smallest absolute Gasteiger partial charge is 0.193 e. The van der Waals surface area contributed by atoms with Crippen molar-refractivity contribution in [3.05, 3.63) is 155 Å². The fourth-order valence-electron chi connectivity index (χ4n) is 7.22. The lowest BCUT2D eigenvalue weighted by molar-refractivity contribution is 0.103. The maximum atomic E-state index is 14.2. The van der Waals surface area contributed by atoms with Crippen molar-refractivity contribution < 1.29 is 9.59 Å². The van der Waals surface area contributed by atoms with Gasteiger partial charge in [-0.05, 0) is 107 Å². The lowest BCUT2D eigenvalue weighted by atomic mass is 9.87. The van der Waals surface area contributed by atoms with Crippen LogP contribution in [0.25, 0.3) is 64.6 Å². The summed E-state index contributed by atoms with van der Waals surface area (Å²) in [7, 11) is 0. The van der Waals surface area contributed by atoms with Crippen molar-refractivity contribution in [2.45, 2.75) is 6.92 Å². The number of carbonyl (C=O) groups excluding carboxylic acids is 2. The summed E-state index contributed by atoms with van der Waals surface area (Å²) < 4.78 is 0. The van der Waals surface area contributed by atoms with Gasteiger partial charge in [-0.15, -0.1) is 0 Å². The zero-order valence-corrected chi connectivity index (χ0v) is 23.4. The van der Waals surface area contributed by atoms with E-state index in [9.17, 15) is 9.59 Å². The van der Waals surface area contributed by atoms with E-state index >= 15 is 0 Å². The van der Waals surface area contributed by atoms with Gasteiger partial charge in [0.2, 0.25) is 0 Å². The molecule has 0 saturated carbocycles. The molecule has 9 rings (SSSR count). The molecule has 9 aromatic rings. The van der Waals surface area contributed by atoms with Crippen molar-refractivity contribution in [3.8, 4) is 0 Å². The molecular weight excluding hydrogens is 524 g/mol. The standard InChI is InChI=1S/C41H24O2/c1-23-20-30(40(42)34-18-14-28-10-8-24-4-2-6-26-12-16-32(34)38(28)36(24)26)22-31(21-23)41(43)35-19-15-29-11-9-25-5-3-7-27-13-17-33(35)39(29)37(25)27/h2-22H,1H3. The van der Waals surface area contributed by atoms with Crippen LogP contribution in [0.2, 0.25) is 0 Å². The molecule has 0 aliphatic carbocycles. The highest BCUT2D eigenvalue weighted by Crippen LogP contribution is 2.38. The highest BCUT2D eigenvalue weighted by molar-refractivity contribution is 6.30. The number of carbonyl (C=O) groups is 2. The fraction of sp³-hybridized carbons (Fsp3) is 0.0244. The van der Waals surface area contributed by atoms with Gasteiger partial charge in [0.05, 0.1) is 0 Å². The Morgan fingerprint density at radius 3 is 1.16 bits per heavy atom. The zero-order valence-electron chi connectivity index (χ0n) is 23.4. The number of hydrogen-bond acceptors (Lipinski definition) is 2. The van der Waals surface area contributed by atoms with Gasteiger partial charge in [0.15, 0.2) is 11.6 Å². The van der Waals surface area contributed by atoms with E-state index in [-0.39, 0.29) is 11.6 Å². The molecule has 0 aliphatic heterocycles. The molecule has 0 atom stereocenters. The maximum absolute atomic E-state index is 14.2. The van der Waals surface area contributed by atoms with Gasteiger partial charge in [0, 0.05) is 22.3 Å². The molecule has 2 nitrogen and oxygen atoms in total. The molecule has 0 aliphatic rings. The van der Waals surface area contributed by atoms with Gasteiger partial charge in [-0.25, -0.2) is 0 Å². The first kappa shape index (κ1) is 24.0. The average molecular weight is 549 g/mol. The van der Waals surface area contributed by atoms with Crippen LogP contribution in [0, 0.1) is 6.92 Å². The molecule has 0 spiro atoms. The predicted molar refractivity (Wildman–Crippen MR) is 178 cm³/mol. The normalized spacial score (nSPS) is 12.0. The van der Waals surface area contributed by atoms with E-state index in [2.05, 4.69) is 84.9 Å². The van der Waals surface area contributed by atoms with Crippen LogP contribution in [0.5, 0.6) is 0 Å². The van der Waals surface area contributed by atoms with Gasteiger partial charge in [0.25, 0.3) is 0 Å². The molecular formula is C41H24O2. The van der Waals surface area contributed by atoms with Gasteiger partial charge >= 0.3 is 0 Å². The molecule has 200 valence electrons. The Hall–Kier alpha value is -5.60. The molecule has 0 saturated heterocycles. The fourth-order valence-corrected chi connectivity index (χ4v) is 7.22. The monoisotopic (exact) mass is 548 g/mol. The number of hydrogen-bond donors (Lipinski definition) is 0. The first-order valence-electron chi connectivity index (χ1n) is 14.6. The number of ketones is 2. The first-order valence-corrected chi connectivity index (χ1v) is 14.6. The molecule has 0 fully saturated rings. The lowest BCUT2D eigenvalue weighted by Crippen LogP contribution is -2.08. The Labute approximate surface area is 247 Å². The summed E-state index contributed by atoms with van der Waals surface area (Å²) in [6.07, 6.45) is 0. The van der Waals surface area contributed by atoms with Crippen LogP contribution in [0.3, 0.4) is 0 Å². The van der Waals surface area contributed by atoms with E-state index < -0.39 is 0 Å². The van der Waals surface area contributed by atoms with Crippen molar-refractivity contribution in [1.82, 2.24) is 0 Å². The van der Waals surface area contributed by atoms with E-state index in [1.54, 1.807) is 6.07 Å². The predicted octanol–water partition coefficient (Wildman–Crippen LogP) is 10.3. The molecule has 0 N–H and O–H groups in total. The van der Waals surface area contributed by atoms with Crippen LogP contribution in [0.4, 0.5) is 0 Å². The van der Waals surface area contributed by atoms with Crippen LogP contribution in [0.15, 0.2) is 127 Å². The molecule has 0 amide bonds. The average Bonchev–Trinajstić information content (AvgIpc) is 3.05. The van der Waals surface area contributed by atoms with Crippen molar-refractivity contribution in [2.24, 2.45) is 0 Å². The van der Waals surface area contributed by atoms with Crippen LogP contribution < -0.4 is 0 Å². The second kappa shape index (κ2) is 8.70. The number of rotatable bonds is 4. The quantitative estimate of drug-likeness (QED) is 0.162. The highest BCUT2D eigenvalue weighted by atomic mass is 16.1. The third-order valence-corrected chi connectivity index (χ3v) is 9.15. The SMILES string of the molecule is Cc1cc(C(=O)c2ccc3ccc4cccc5ccc2c3c45)cc(C(=O)c2ccc3ccc4cccc5ccc2c3c45)c1. The van der Waals surface area contributed by atoms with Crippen molar-refractivity contribution in [1.29, 1.82) is 0 Å². The number of benzene rings is 9. The Kier molecular flexibility index (Phi) is 4.87. The second-order valence-electron chi connectivity index (χ2n) is 11.7. The van der Waals surface area contributed by atoms with Crippen molar-refractivity contribution in [2.75, 3.05) is 0 Å². The zero-order chi connectivity index (χ0) is 28.8. The molecule has 0 aromatic heterocycles. The van der Waals surface area contributed by atoms with Gasteiger partial charge in [-0.3, -0.25) is 9.59 Å². The Bertz CT molecular complexity index is 2400. The maximum Gasteiger partial charge on any atom is 0.193 e. The summed E-state index contributed by atoms with van der Waals surface area (Å²) in [6, 6.07) is 42.9. The summed E-state index contributed by atoms with van der Waals surface area (Å²) in [5.74, 6) is -0.155. The third-order valence-electron chi connectivity index (χ3n) is 9.15. The highest BCUT2D eigenvalue weighted by Gasteiger charge is 2.21. The van der Waals surface area contributed by atoms with Crippen LogP contribution in [-0.2, 0) is 0 Å². The Morgan fingerprint density at radius 2 is 0.744 bits per heavy atom. The Balaban J connectivity index is 1.19. The molecule has 0 radical (unpaired) electrons. The van der Waals surface area contributed by atoms with Crippen LogP contribution >= 0.6 is 0 Å². The van der Waals surface area contributed by atoms with Gasteiger partial charge in [-0.2, -0.15) is 0 Å². The lowest BCUT2D eigenvalue weighted by Gasteiger charge is -2.15. The van der Waals surface area contributed by atoms with E-state index in [1.165, 1.54) is 10.8 Å². The molecule has 2 heteroatoms. The van der Waals surface area contributed by atoms with Crippen LogP contribution in [0.1, 0.15) is 37.4 Å². The molecule has 0 unspecified atom stereocenters. The molecule has 43 heavy (non-hydrogen) atoms. The minimum absolute atomic E-state index is 0.0777. The summed E-state index contributed by atoms with van der Waals surface area (Å²) in [6.45, 7) is 1.95. The van der Waals surface area contributed by atoms with Gasteiger partial charge in [-0.1, -0.05) is 97.1 Å². The minimum Gasteiger partial charge on any atom is -0.289 e. The molecule has 9 aromatic carbocycles. The summed E-state index contributed by atoms with van der Waals surface area (Å²) in [4.78, 5) is 28.4. The number of aryl methyl sites for hydroxylation is 1. The van der Waals surface area contributed by atoms with Crippen LogP contribution in [-0.4, -0.2) is 11.6 Å². The first-order chi connectivity index (χ1) is 21.0. The van der Waals surface area contributed by atoms with Crippen molar-refractivity contribution in [3.63, 3.8) is 0 Å². The summed E-state index contributed by atoms with van der Waals surface area (Å²) >= 11 is 0. The molecule has 0 heterocycles. The van der Waals surface area contributed by atoms with Gasteiger partial charge < -0.3 is 0 Å². The van der Waals surface area contributed by atoms with E-state index in [4.69, 9.17) is 0 Å². The topological polar surface area (TPSA) is 34.1 Å². The van der Waals surface area contributed by atoms with E-state index in [0.717, 1.165) is 59.4 Å². The van der Waals surface area contributed by atoms with Crippen molar-refractivity contribution >= 4 is 76.2 Å². The minimum atomic E-state index is -0.0777. The van der Waals surface area contributed by atoms with E-state index in [1.807, 2.05) is 43.3 Å². The van der Waals surface area contributed by atoms with E-state index in [0.29, 0.717) is 22.3 Å². The van der Waals surface area contributed by atoms with Gasteiger partial charge in [0.1, 0.15) is 0 Å². The molecule has 0 bridgehead atoms. The second-order valence-corrected chi connectivity index (χ2v) is 11.7. The summed E-state index contributed by atoms with van der Waals surface area (Å²) in [5, 5.41) is 13.3. The Morgan fingerprint density at radius 1 is 0.395 bits per heavy atom. The third kappa shape index (κ3) is 3.41.